The summed E-state index contributed by atoms with van der Waals surface area (Å²) in [6.07, 6.45) is 2.14. The fourth-order valence-electron chi connectivity index (χ4n) is 2.24. The summed E-state index contributed by atoms with van der Waals surface area (Å²) >= 11 is 0. The SMILES string of the molecule is CCCN(CC)CCN1CCC(NC)C1=O. The van der Waals surface area contributed by atoms with Gasteiger partial charge >= 0.3 is 0 Å². The minimum absolute atomic E-state index is 0.0567. The van der Waals surface area contributed by atoms with E-state index in [0.717, 1.165) is 39.1 Å². The van der Waals surface area contributed by atoms with Crippen LogP contribution in [-0.4, -0.2) is 61.5 Å². The van der Waals surface area contributed by atoms with Crippen LogP contribution in [0.3, 0.4) is 0 Å². The lowest BCUT2D eigenvalue weighted by atomic mass is 10.3. The molecule has 1 aliphatic rings. The summed E-state index contributed by atoms with van der Waals surface area (Å²) in [6, 6.07) is 0.0567. The van der Waals surface area contributed by atoms with E-state index in [0.29, 0.717) is 0 Å². The number of amides is 1. The summed E-state index contributed by atoms with van der Waals surface area (Å²) in [4.78, 5) is 16.2. The van der Waals surface area contributed by atoms with Crippen molar-refractivity contribution in [2.45, 2.75) is 32.7 Å². The molecule has 0 aliphatic carbocycles. The molecule has 4 heteroatoms. The quantitative estimate of drug-likeness (QED) is 0.689. The van der Waals surface area contributed by atoms with E-state index < -0.39 is 0 Å². The third-order valence-corrected chi connectivity index (χ3v) is 3.32. The van der Waals surface area contributed by atoms with Crippen molar-refractivity contribution in [3.8, 4) is 0 Å². The van der Waals surface area contributed by atoms with Crippen LogP contribution in [0.4, 0.5) is 0 Å². The van der Waals surface area contributed by atoms with Gasteiger partial charge in [-0.05, 0) is 33.0 Å². The van der Waals surface area contributed by atoms with Crippen LogP contribution >= 0.6 is 0 Å². The summed E-state index contributed by atoms with van der Waals surface area (Å²) in [5.74, 6) is 0.273. The standard InChI is InChI=1S/C12H25N3O/c1-4-7-14(5-2)9-10-15-8-6-11(13-3)12(15)16/h11,13H,4-10H2,1-3H3. The third-order valence-electron chi connectivity index (χ3n) is 3.32. The fraction of sp³-hybridized carbons (Fsp3) is 0.917. The Morgan fingerprint density at radius 1 is 1.44 bits per heavy atom. The van der Waals surface area contributed by atoms with Crippen LogP contribution in [0.1, 0.15) is 26.7 Å². The fourth-order valence-corrected chi connectivity index (χ4v) is 2.24. The number of nitrogens with zero attached hydrogens (tertiary/aromatic N) is 2. The Balaban J connectivity index is 2.30. The predicted octanol–water partition coefficient (Wildman–Crippen LogP) is 0.539. The Morgan fingerprint density at radius 2 is 2.19 bits per heavy atom. The normalized spacial score (nSPS) is 21.1. The lowest BCUT2D eigenvalue weighted by Crippen LogP contribution is -2.40. The summed E-state index contributed by atoms with van der Waals surface area (Å²) in [6.45, 7) is 9.38. The highest BCUT2D eigenvalue weighted by atomic mass is 16.2. The molecular weight excluding hydrogens is 202 g/mol. The van der Waals surface area contributed by atoms with E-state index in [1.165, 1.54) is 6.42 Å². The lowest BCUT2D eigenvalue weighted by Gasteiger charge is -2.23. The molecule has 16 heavy (non-hydrogen) atoms. The van der Waals surface area contributed by atoms with E-state index in [4.69, 9.17) is 0 Å². The maximum absolute atomic E-state index is 11.8. The largest absolute Gasteiger partial charge is 0.340 e. The molecule has 1 N–H and O–H groups in total. The Morgan fingerprint density at radius 3 is 2.69 bits per heavy atom. The second-order valence-electron chi connectivity index (χ2n) is 4.39. The van der Waals surface area contributed by atoms with E-state index >= 15 is 0 Å². The number of hydrogen-bond donors (Lipinski definition) is 1. The van der Waals surface area contributed by atoms with Gasteiger partial charge in [-0.25, -0.2) is 0 Å². The highest BCUT2D eigenvalue weighted by Crippen LogP contribution is 2.10. The maximum atomic E-state index is 11.8. The van der Waals surface area contributed by atoms with Gasteiger partial charge in [-0.3, -0.25) is 4.79 Å². The zero-order valence-electron chi connectivity index (χ0n) is 10.8. The average Bonchev–Trinajstić information content (AvgIpc) is 2.65. The van der Waals surface area contributed by atoms with Crippen LogP contribution in [0.2, 0.25) is 0 Å². The molecule has 0 aromatic carbocycles. The van der Waals surface area contributed by atoms with Gasteiger partial charge in [0.25, 0.3) is 0 Å². The lowest BCUT2D eigenvalue weighted by molar-refractivity contribution is -0.129. The first-order valence-corrected chi connectivity index (χ1v) is 6.41. The summed E-state index contributed by atoms with van der Waals surface area (Å²) < 4.78 is 0. The molecule has 0 aromatic rings. The van der Waals surface area contributed by atoms with Gasteiger partial charge in [-0.15, -0.1) is 0 Å². The van der Waals surface area contributed by atoms with Gasteiger partial charge in [-0.1, -0.05) is 13.8 Å². The van der Waals surface area contributed by atoms with Crippen LogP contribution in [-0.2, 0) is 4.79 Å². The van der Waals surface area contributed by atoms with Crippen molar-refractivity contribution in [2.24, 2.45) is 0 Å². The first kappa shape index (κ1) is 13.5. The number of likely N-dealkylation sites (N-methyl/N-ethyl adjacent to an activating group) is 2. The summed E-state index contributed by atoms with van der Waals surface area (Å²) in [7, 11) is 1.86. The van der Waals surface area contributed by atoms with Crippen molar-refractivity contribution >= 4 is 5.91 Å². The topological polar surface area (TPSA) is 35.6 Å². The molecule has 1 aliphatic heterocycles. The number of nitrogens with one attached hydrogen (secondary N) is 1. The molecule has 0 saturated carbocycles. The van der Waals surface area contributed by atoms with Gasteiger partial charge in [0.2, 0.25) is 5.91 Å². The smallest absolute Gasteiger partial charge is 0.239 e. The molecule has 1 rings (SSSR count). The first-order valence-electron chi connectivity index (χ1n) is 6.41. The van der Waals surface area contributed by atoms with Crippen molar-refractivity contribution in [1.29, 1.82) is 0 Å². The molecule has 1 unspecified atom stereocenters. The first-order chi connectivity index (χ1) is 7.72. The molecule has 1 heterocycles. The zero-order valence-corrected chi connectivity index (χ0v) is 10.8. The third kappa shape index (κ3) is 3.46. The van der Waals surface area contributed by atoms with E-state index in [-0.39, 0.29) is 11.9 Å². The number of carbonyl (C=O) groups excluding carboxylic acids is 1. The Labute approximate surface area is 99.0 Å². The molecule has 1 saturated heterocycles. The predicted molar refractivity (Wildman–Crippen MR) is 66.4 cm³/mol. The Hall–Kier alpha value is -0.610. The molecule has 0 aromatic heterocycles. The highest BCUT2D eigenvalue weighted by molar-refractivity contribution is 5.83. The molecule has 1 fully saturated rings. The van der Waals surface area contributed by atoms with Crippen molar-refractivity contribution in [3.63, 3.8) is 0 Å². The van der Waals surface area contributed by atoms with Gasteiger partial charge in [0.1, 0.15) is 0 Å². The maximum Gasteiger partial charge on any atom is 0.239 e. The molecule has 0 radical (unpaired) electrons. The second kappa shape index (κ2) is 6.86. The average molecular weight is 227 g/mol. The molecule has 94 valence electrons. The highest BCUT2D eigenvalue weighted by Gasteiger charge is 2.29. The summed E-state index contributed by atoms with van der Waals surface area (Å²) in [5, 5.41) is 3.07. The van der Waals surface area contributed by atoms with Gasteiger partial charge in [0.15, 0.2) is 0 Å². The van der Waals surface area contributed by atoms with Gasteiger partial charge in [0.05, 0.1) is 6.04 Å². The van der Waals surface area contributed by atoms with E-state index in [2.05, 4.69) is 24.1 Å². The number of hydrogen-bond acceptors (Lipinski definition) is 3. The van der Waals surface area contributed by atoms with E-state index in [1.807, 2.05) is 11.9 Å². The Bertz CT molecular complexity index is 220. The minimum Gasteiger partial charge on any atom is -0.340 e. The van der Waals surface area contributed by atoms with Crippen LogP contribution in [0.15, 0.2) is 0 Å². The zero-order chi connectivity index (χ0) is 12.0. The van der Waals surface area contributed by atoms with Crippen molar-refractivity contribution < 1.29 is 4.79 Å². The minimum atomic E-state index is 0.0567. The van der Waals surface area contributed by atoms with Crippen LogP contribution in [0.25, 0.3) is 0 Å². The molecule has 1 atom stereocenters. The summed E-state index contributed by atoms with van der Waals surface area (Å²) in [5.41, 5.74) is 0. The Kier molecular flexibility index (Phi) is 5.77. The number of rotatable bonds is 7. The molecule has 1 amide bonds. The molecular formula is C12H25N3O. The van der Waals surface area contributed by atoms with Crippen molar-refractivity contribution in [1.82, 2.24) is 15.1 Å². The van der Waals surface area contributed by atoms with Crippen molar-refractivity contribution in [3.05, 3.63) is 0 Å². The van der Waals surface area contributed by atoms with Gasteiger partial charge < -0.3 is 15.1 Å². The van der Waals surface area contributed by atoms with Crippen LogP contribution in [0.5, 0.6) is 0 Å². The monoisotopic (exact) mass is 227 g/mol. The van der Waals surface area contributed by atoms with Crippen molar-refractivity contribution in [2.75, 3.05) is 39.8 Å². The molecule has 0 bridgehead atoms. The number of likely N-dealkylation sites (tertiary alicyclic amines) is 1. The molecule has 4 nitrogen and oxygen atoms in total. The molecule has 0 spiro atoms. The van der Waals surface area contributed by atoms with Crippen LogP contribution in [0, 0.1) is 0 Å². The van der Waals surface area contributed by atoms with Gasteiger partial charge in [0, 0.05) is 19.6 Å². The van der Waals surface area contributed by atoms with Crippen LogP contribution < -0.4 is 5.32 Å². The second-order valence-corrected chi connectivity index (χ2v) is 4.39. The van der Waals surface area contributed by atoms with Gasteiger partial charge in [-0.2, -0.15) is 0 Å². The van der Waals surface area contributed by atoms with E-state index in [9.17, 15) is 4.79 Å². The van der Waals surface area contributed by atoms with E-state index in [1.54, 1.807) is 0 Å². The number of carbonyl (C=O) groups is 1.